The van der Waals surface area contributed by atoms with Crippen molar-refractivity contribution in [3.63, 3.8) is 0 Å². The summed E-state index contributed by atoms with van der Waals surface area (Å²) in [5.74, 6) is 0.521. The summed E-state index contributed by atoms with van der Waals surface area (Å²) >= 11 is 6.16. The highest BCUT2D eigenvalue weighted by Crippen LogP contribution is 2.36. The number of benzene rings is 2. The summed E-state index contributed by atoms with van der Waals surface area (Å²) in [7, 11) is 0. The van der Waals surface area contributed by atoms with E-state index in [1.165, 1.54) is 12.1 Å². The number of halogens is 4. The molecule has 2 aromatic carbocycles. The Kier molecular flexibility index (Phi) is 8.87. The molecule has 0 unspecified atom stereocenters. The van der Waals surface area contributed by atoms with Crippen molar-refractivity contribution < 1.29 is 32.2 Å². The van der Waals surface area contributed by atoms with E-state index in [2.05, 4.69) is 9.64 Å². The average molecular weight is 541 g/mol. The van der Waals surface area contributed by atoms with E-state index in [1.807, 2.05) is 24.0 Å². The van der Waals surface area contributed by atoms with Crippen LogP contribution in [0, 0.1) is 12.3 Å². The Balaban J connectivity index is 1.49. The molecule has 2 saturated heterocycles. The molecule has 4 rings (SSSR count). The third kappa shape index (κ3) is 7.99. The van der Waals surface area contributed by atoms with Gasteiger partial charge in [-0.15, -0.1) is 13.2 Å². The Bertz CT molecular complexity index is 1080. The molecule has 2 aromatic rings. The number of morpholine rings is 1. The van der Waals surface area contributed by atoms with E-state index >= 15 is 0 Å². The van der Waals surface area contributed by atoms with Gasteiger partial charge in [0.25, 0.3) is 0 Å². The summed E-state index contributed by atoms with van der Waals surface area (Å²) < 4.78 is 53.8. The first-order valence-electron chi connectivity index (χ1n) is 12.4. The first kappa shape index (κ1) is 27.5. The van der Waals surface area contributed by atoms with Crippen LogP contribution in [-0.4, -0.2) is 68.1 Å². The lowest BCUT2D eigenvalue weighted by Gasteiger charge is -2.43. The van der Waals surface area contributed by atoms with Gasteiger partial charge < -0.3 is 19.1 Å². The Morgan fingerprint density at radius 1 is 1.11 bits per heavy atom. The lowest BCUT2D eigenvalue weighted by Crippen LogP contribution is -2.50. The van der Waals surface area contributed by atoms with Gasteiger partial charge in [-0.2, -0.15) is 0 Å². The summed E-state index contributed by atoms with van der Waals surface area (Å²) in [5.41, 5.74) is 1.18. The molecule has 1 amide bonds. The van der Waals surface area contributed by atoms with E-state index < -0.39 is 11.8 Å². The van der Waals surface area contributed by atoms with Gasteiger partial charge in [0.1, 0.15) is 11.5 Å². The second-order valence-corrected chi connectivity index (χ2v) is 10.3. The standard InChI is InChI=1S/C27H32ClF3N2O4/c1-20-14-22(6-7-24(20)28)36-19-26(16-25(34)33-10-12-35-13-11-33)8-3-9-32(18-26)17-21-4-2-5-23(15-21)37-27(29,30)31/h2,4-7,14-15H,3,8-13,16-19H2,1H3/t26-/m0/s1. The third-order valence-electron chi connectivity index (χ3n) is 6.84. The van der Waals surface area contributed by atoms with Crippen molar-refractivity contribution in [2.45, 2.75) is 39.1 Å². The highest BCUT2D eigenvalue weighted by molar-refractivity contribution is 6.31. The molecular weight excluding hydrogens is 509 g/mol. The number of hydrogen-bond acceptors (Lipinski definition) is 5. The lowest BCUT2D eigenvalue weighted by molar-refractivity contribution is -0.274. The minimum absolute atomic E-state index is 0.0709. The van der Waals surface area contributed by atoms with Crippen LogP contribution >= 0.6 is 11.6 Å². The third-order valence-corrected chi connectivity index (χ3v) is 7.27. The number of amides is 1. The lowest BCUT2D eigenvalue weighted by atomic mass is 9.77. The highest BCUT2D eigenvalue weighted by Gasteiger charge is 2.40. The Hall–Kier alpha value is -2.49. The predicted octanol–water partition coefficient (Wildman–Crippen LogP) is 5.46. The Labute approximate surface area is 220 Å². The number of carbonyl (C=O) groups is 1. The fourth-order valence-electron chi connectivity index (χ4n) is 5.05. The van der Waals surface area contributed by atoms with E-state index in [0.29, 0.717) is 68.8 Å². The molecule has 0 radical (unpaired) electrons. The summed E-state index contributed by atoms with van der Waals surface area (Å²) in [6.45, 7) is 6.26. The van der Waals surface area contributed by atoms with E-state index in [9.17, 15) is 18.0 Å². The van der Waals surface area contributed by atoms with Gasteiger partial charge in [0.05, 0.1) is 19.8 Å². The van der Waals surface area contributed by atoms with Gasteiger partial charge in [-0.3, -0.25) is 9.69 Å². The van der Waals surface area contributed by atoms with Crippen LogP contribution in [0.5, 0.6) is 11.5 Å². The van der Waals surface area contributed by atoms with Crippen LogP contribution in [0.2, 0.25) is 5.02 Å². The zero-order valence-corrected chi connectivity index (χ0v) is 21.6. The SMILES string of the molecule is Cc1cc(OC[C@]2(CC(=O)N3CCOCC3)CCCN(Cc3cccc(OC(F)(F)F)c3)C2)ccc1Cl. The minimum atomic E-state index is -4.74. The maximum absolute atomic E-state index is 13.3. The van der Waals surface area contributed by atoms with Gasteiger partial charge in [-0.1, -0.05) is 23.7 Å². The number of rotatable bonds is 8. The molecular formula is C27H32ClF3N2O4. The van der Waals surface area contributed by atoms with Crippen molar-refractivity contribution >= 4 is 17.5 Å². The van der Waals surface area contributed by atoms with E-state index in [4.69, 9.17) is 21.1 Å². The zero-order chi connectivity index (χ0) is 26.5. The Morgan fingerprint density at radius 3 is 2.62 bits per heavy atom. The van der Waals surface area contributed by atoms with E-state index in [0.717, 1.165) is 24.9 Å². The highest BCUT2D eigenvalue weighted by atomic mass is 35.5. The average Bonchev–Trinajstić information content (AvgIpc) is 2.85. The molecule has 0 saturated carbocycles. The van der Waals surface area contributed by atoms with Crippen LogP contribution in [0.4, 0.5) is 13.2 Å². The number of alkyl halides is 3. The number of piperidine rings is 1. The van der Waals surface area contributed by atoms with Gasteiger partial charge in [-0.25, -0.2) is 0 Å². The minimum Gasteiger partial charge on any atom is -0.493 e. The first-order valence-corrected chi connectivity index (χ1v) is 12.8. The molecule has 0 bridgehead atoms. The fraction of sp³-hybridized carbons (Fsp3) is 0.519. The molecule has 2 fully saturated rings. The second-order valence-electron chi connectivity index (χ2n) is 9.88. The number of aryl methyl sites for hydroxylation is 1. The predicted molar refractivity (Wildman–Crippen MR) is 134 cm³/mol. The molecule has 10 heteroatoms. The number of hydrogen-bond donors (Lipinski definition) is 0. The van der Waals surface area contributed by atoms with E-state index in [-0.39, 0.29) is 11.7 Å². The van der Waals surface area contributed by atoms with Crippen molar-refractivity contribution in [1.29, 1.82) is 0 Å². The van der Waals surface area contributed by atoms with Gasteiger partial charge in [-0.05, 0) is 67.8 Å². The number of nitrogens with zero attached hydrogens (tertiary/aromatic N) is 2. The Morgan fingerprint density at radius 2 is 1.89 bits per heavy atom. The summed E-state index contributed by atoms with van der Waals surface area (Å²) in [5, 5.41) is 0.658. The van der Waals surface area contributed by atoms with Crippen molar-refractivity contribution in [2.75, 3.05) is 46.0 Å². The molecule has 37 heavy (non-hydrogen) atoms. The van der Waals surface area contributed by atoms with Crippen molar-refractivity contribution in [1.82, 2.24) is 9.80 Å². The quantitative estimate of drug-likeness (QED) is 0.445. The normalized spacial score (nSPS) is 21.1. The summed E-state index contributed by atoms with van der Waals surface area (Å²) in [6, 6.07) is 11.5. The first-order chi connectivity index (χ1) is 17.6. The summed E-state index contributed by atoms with van der Waals surface area (Å²) in [6.07, 6.45) is -2.76. The molecule has 0 aliphatic carbocycles. The molecule has 202 valence electrons. The van der Waals surface area contributed by atoms with Gasteiger partial charge in [0.15, 0.2) is 0 Å². The van der Waals surface area contributed by atoms with Crippen LogP contribution in [0.15, 0.2) is 42.5 Å². The van der Waals surface area contributed by atoms with Crippen LogP contribution in [-0.2, 0) is 16.1 Å². The largest absolute Gasteiger partial charge is 0.573 e. The molecule has 6 nitrogen and oxygen atoms in total. The van der Waals surface area contributed by atoms with Crippen LogP contribution in [0.3, 0.4) is 0 Å². The van der Waals surface area contributed by atoms with Crippen LogP contribution in [0.1, 0.15) is 30.4 Å². The maximum atomic E-state index is 13.3. The molecule has 2 heterocycles. The fourth-order valence-corrected chi connectivity index (χ4v) is 5.16. The van der Waals surface area contributed by atoms with Crippen molar-refractivity contribution in [2.24, 2.45) is 5.41 Å². The number of carbonyl (C=O) groups excluding carboxylic acids is 1. The molecule has 2 aliphatic rings. The topological polar surface area (TPSA) is 51.2 Å². The molecule has 1 atom stereocenters. The van der Waals surface area contributed by atoms with E-state index in [1.54, 1.807) is 18.2 Å². The van der Waals surface area contributed by atoms with Crippen LogP contribution in [0.25, 0.3) is 0 Å². The van der Waals surface area contributed by atoms with Gasteiger partial charge in [0.2, 0.25) is 5.91 Å². The number of ether oxygens (including phenoxy) is 3. The monoisotopic (exact) mass is 540 g/mol. The summed E-state index contributed by atoms with van der Waals surface area (Å²) in [4.78, 5) is 17.3. The van der Waals surface area contributed by atoms with Crippen molar-refractivity contribution in [3.8, 4) is 11.5 Å². The maximum Gasteiger partial charge on any atom is 0.573 e. The van der Waals surface area contributed by atoms with Crippen molar-refractivity contribution in [3.05, 3.63) is 58.6 Å². The van der Waals surface area contributed by atoms with Gasteiger partial charge >= 0.3 is 6.36 Å². The molecule has 0 spiro atoms. The van der Waals surface area contributed by atoms with Gasteiger partial charge in [0, 0.05) is 43.0 Å². The molecule has 0 N–H and O–H groups in total. The van der Waals surface area contributed by atoms with Crippen LogP contribution < -0.4 is 9.47 Å². The molecule has 0 aromatic heterocycles. The zero-order valence-electron chi connectivity index (χ0n) is 20.9. The second kappa shape index (κ2) is 11.9. The number of likely N-dealkylation sites (tertiary alicyclic amines) is 1. The molecule has 2 aliphatic heterocycles. The smallest absolute Gasteiger partial charge is 0.493 e.